The summed E-state index contributed by atoms with van der Waals surface area (Å²) in [6.07, 6.45) is 0. The maximum atomic E-state index is 12.2. The van der Waals surface area contributed by atoms with Gasteiger partial charge in [0.1, 0.15) is 18.2 Å². The Hall–Kier alpha value is -3.25. The minimum absolute atomic E-state index is 0.000485. The third-order valence-electron chi connectivity index (χ3n) is 3.20. The van der Waals surface area contributed by atoms with Crippen LogP contribution in [0.3, 0.4) is 0 Å². The van der Waals surface area contributed by atoms with E-state index in [9.17, 15) is 4.79 Å². The van der Waals surface area contributed by atoms with Crippen molar-refractivity contribution in [2.45, 2.75) is 6.54 Å². The van der Waals surface area contributed by atoms with Gasteiger partial charge in [-0.25, -0.2) is 0 Å². The number of hydrogen-bond donors (Lipinski definition) is 0. The Morgan fingerprint density at radius 2 is 1.82 bits per heavy atom. The van der Waals surface area contributed by atoms with E-state index in [1.165, 1.54) is 24.9 Å². The third kappa shape index (κ3) is 2.63. The second kappa shape index (κ2) is 6.47. The van der Waals surface area contributed by atoms with E-state index in [0.29, 0.717) is 22.8 Å². The molecule has 110 valence electrons. The topological polar surface area (TPSA) is 88.0 Å². The van der Waals surface area contributed by atoms with E-state index >= 15 is 0 Å². The van der Waals surface area contributed by atoms with Gasteiger partial charge in [-0.05, 0) is 30.3 Å². The predicted octanol–water partition coefficient (Wildman–Crippen LogP) is 1.93. The number of nitriles is 2. The zero-order valence-electron chi connectivity index (χ0n) is 12.2. The zero-order chi connectivity index (χ0) is 16.1. The highest BCUT2D eigenvalue weighted by Gasteiger charge is 2.12. The van der Waals surface area contributed by atoms with Crippen LogP contribution in [0.2, 0.25) is 0 Å². The molecule has 0 unspecified atom stereocenters. The lowest BCUT2D eigenvalue weighted by Gasteiger charge is -2.13. The number of benzene rings is 1. The fourth-order valence-electron chi connectivity index (χ4n) is 2.14. The average Bonchev–Trinajstić information content (AvgIpc) is 2.56. The first-order chi connectivity index (χ1) is 10.7. The number of aromatic nitrogens is 1. The smallest absolute Gasteiger partial charge is 0.269 e. The molecule has 1 heterocycles. The number of nitrogens with zero attached hydrogens (tertiary/aromatic N) is 3. The van der Waals surface area contributed by atoms with Crippen LogP contribution in [0.1, 0.15) is 5.56 Å². The fraction of sp³-hybridized carbons (Fsp3) is 0.188. The number of hydrogen-bond acceptors (Lipinski definition) is 5. The van der Waals surface area contributed by atoms with E-state index in [2.05, 4.69) is 0 Å². The van der Waals surface area contributed by atoms with E-state index in [0.717, 1.165) is 0 Å². The summed E-state index contributed by atoms with van der Waals surface area (Å²) < 4.78 is 11.7. The zero-order valence-corrected chi connectivity index (χ0v) is 12.2. The second-order valence-corrected chi connectivity index (χ2v) is 4.36. The Labute approximate surface area is 127 Å². The van der Waals surface area contributed by atoms with Crippen molar-refractivity contribution in [3.05, 3.63) is 46.2 Å². The lowest BCUT2D eigenvalue weighted by molar-refractivity contribution is 0.355. The maximum Gasteiger partial charge on any atom is 0.269 e. The van der Waals surface area contributed by atoms with Gasteiger partial charge in [0.2, 0.25) is 0 Å². The minimum atomic E-state index is -0.490. The molecule has 0 saturated heterocycles. The van der Waals surface area contributed by atoms with Gasteiger partial charge >= 0.3 is 0 Å². The van der Waals surface area contributed by atoms with Gasteiger partial charge in [0, 0.05) is 5.56 Å². The van der Waals surface area contributed by atoms with Gasteiger partial charge < -0.3 is 9.47 Å². The first-order valence-corrected chi connectivity index (χ1v) is 6.39. The molecule has 0 radical (unpaired) electrons. The highest BCUT2D eigenvalue weighted by Crippen LogP contribution is 2.31. The van der Waals surface area contributed by atoms with Crippen LogP contribution in [0.5, 0.6) is 11.5 Å². The Balaban J connectivity index is 2.68. The minimum Gasteiger partial charge on any atom is -0.493 e. The van der Waals surface area contributed by atoms with Crippen LogP contribution in [0.4, 0.5) is 0 Å². The van der Waals surface area contributed by atoms with Gasteiger partial charge in [-0.15, -0.1) is 0 Å². The molecule has 0 amide bonds. The summed E-state index contributed by atoms with van der Waals surface area (Å²) in [6.45, 7) is -0.141. The summed E-state index contributed by atoms with van der Waals surface area (Å²) in [7, 11) is 3.05. The van der Waals surface area contributed by atoms with Crippen molar-refractivity contribution in [2.24, 2.45) is 0 Å². The van der Waals surface area contributed by atoms with E-state index in [1.807, 2.05) is 12.1 Å². The highest BCUT2D eigenvalue weighted by atomic mass is 16.5. The van der Waals surface area contributed by atoms with E-state index in [4.69, 9.17) is 20.0 Å². The molecule has 2 aromatic rings. The van der Waals surface area contributed by atoms with Crippen molar-refractivity contribution in [1.29, 1.82) is 10.5 Å². The van der Waals surface area contributed by atoms with E-state index in [1.54, 1.807) is 24.3 Å². The summed E-state index contributed by atoms with van der Waals surface area (Å²) >= 11 is 0. The van der Waals surface area contributed by atoms with Crippen LogP contribution in [-0.2, 0) is 6.54 Å². The predicted molar refractivity (Wildman–Crippen MR) is 79.6 cm³/mol. The van der Waals surface area contributed by atoms with Crippen LogP contribution >= 0.6 is 0 Å². The van der Waals surface area contributed by atoms with Gasteiger partial charge in [-0.1, -0.05) is 0 Å². The quantitative estimate of drug-likeness (QED) is 0.860. The molecule has 6 heteroatoms. The largest absolute Gasteiger partial charge is 0.493 e. The molecule has 0 saturated carbocycles. The van der Waals surface area contributed by atoms with Gasteiger partial charge in [-0.3, -0.25) is 9.36 Å². The molecule has 22 heavy (non-hydrogen) atoms. The third-order valence-corrected chi connectivity index (χ3v) is 3.20. The van der Waals surface area contributed by atoms with Crippen molar-refractivity contribution in [3.63, 3.8) is 0 Å². The van der Waals surface area contributed by atoms with E-state index in [-0.39, 0.29) is 12.1 Å². The average molecular weight is 295 g/mol. The fourth-order valence-corrected chi connectivity index (χ4v) is 2.14. The Morgan fingerprint density at radius 1 is 1.09 bits per heavy atom. The van der Waals surface area contributed by atoms with Crippen molar-refractivity contribution in [1.82, 2.24) is 4.57 Å². The second-order valence-electron chi connectivity index (χ2n) is 4.36. The number of rotatable bonds is 4. The summed E-state index contributed by atoms with van der Waals surface area (Å²) in [5.41, 5.74) is 0.733. The molecule has 0 atom stereocenters. The Morgan fingerprint density at radius 3 is 2.41 bits per heavy atom. The first kappa shape index (κ1) is 15.1. The van der Waals surface area contributed by atoms with Crippen LogP contribution in [-0.4, -0.2) is 18.8 Å². The molecule has 1 aromatic heterocycles. The molecule has 0 bridgehead atoms. The molecule has 0 fully saturated rings. The maximum absolute atomic E-state index is 12.2. The van der Waals surface area contributed by atoms with Crippen LogP contribution in [0.25, 0.3) is 11.3 Å². The monoisotopic (exact) mass is 295 g/mol. The molecular formula is C16H13N3O3. The standard InChI is InChI=1S/C16H13N3O3/c1-21-14-6-4-11(9-15(14)22-2)13-5-3-12(10-18)16(20)19(13)8-7-17/h3-6,9H,8H2,1-2H3. The van der Waals surface area contributed by atoms with Crippen molar-refractivity contribution < 1.29 is 9.47 Å². The Kier molecular flexibility index (Phi) is 4.45. The summed E-state index contributed by atoms with van der Waals surface area (Å²) in [5.74, 6) is 1.08. The highest BCUT2D eigenvalue weighted by molar-refractivity contribution is 5.65. The molecular weight excluding hydrogens is 282 g/mol. The van der Waals surface area contributed by atoms with Gasteiger partial charge in [0.15, 0.2) is 11.5 Å². The van der Waals surface area contributed by atoms with Gasteiger partial charge in [-0.2, -0.15) is 10.5 Å². The molecule has 2 rings (SSSR count). The summed E-state index contributed by atoms with van der Waals surface area (Å²) in [6, 6.07) is 12.0. The van der Waals surface area contributed by atoms with Crippen LogP contribution in [0.15, 0.2) is 35.1 Å². The number of methoxy groups -OCH3 is 2. The van der Waals surface area contributed by atoms with Crippen LogP contribution < -0.4 is 15.0 Å². The summed E-state index contributed by atoms with van der Waals surface area (Å²) in [5, 5.41) is 17.9. The lowest BCUT2D eigenvalue weighted by Crippen LogP contribution is -2.23. The Bertz CT molecular complexity index is 841. The van der Waals surface area contributed by atoms with Gasteiger partial charge in [0.05, 0.1) is 26.0 Å². The van der Waals surface area contributed by atoms with Gasteiger partial charge in [0.25, 0.3) is 5.56 Å². The number of pyridine rings is 1. The molecule has 0 aliphatic heterocycles. The SMILES string of the molecule is COc1ccc(-c2ccc(C#N)c(=O)n2CC#N)cc1OC. The van der Waals surface area contributed by atoms with Crippen molar-refractivity contribution in [3.8, 4) is 34.9 Å². The summed E-state index contributed by atoms with van der Waals surface area (Å²) in [4.78, 5) is 12.2. The molecule has 1 aromatic carbocycles. The van der Waals surface area contributed by atoms with Crippen molar-refractivity contribution in [2.75, 3.05) is 14.2 Å². The molecule has 6 nitrogen and oxygen atoms in total. The van der Waals surface area contributed by atoms with E-state index < -0.39 is 5.56 Å². The molecule has 0 spiro atoms. The lowest BCUT2D eigenvalue weighted by atomic mass is 10.1. The van der Waals surface area contributed by atoms with Crippen molar-refractivity contribution >= 4 is 0 Å². The molecule has 0 aliphatic carbocycles. The first-order valence-electron chi connectivity index (χ1n) is 6.39. The normalized spacial score (nSPS) is 9.64. The molecule has 0 aliphatic rings. The molecule has 0 N–H and O–H groups in total. The number of ether oxygens (including phenoxy) is 2. The van der Waals surface area contributed by atoms with Crippen LogP contribution in [0, 0.1) is 22.7 Å².